The van der Waals surface area contributed by atoms with Gasteiger partial charge in [0.25, 0.3) is 0 Å². The summed E-state index contributed by atoms with van der Waals surface area (Å²) in [5.41, 5.74) is 0.227. The van der Waals surface area contributed by atoms with Crippen LogP contribution in [0.3, 0.4) is 0 Å². The quantitative estimate of drug-likeness (QED) is 0.874. The van der Waals surface area contributed by atoms with E-state index in [-0.39, 0.29) is 5.54 Å². The topological polar surface area (TPSA) is 32.3 Å². The van der Waals surface area contributed by atoms with Crippen molar-refractivity contribution < 1.29 is 5.11 Å². The van der Waals surface area contributed by atoms with Crippen molar-refractivity contribution in [3.05, 3.63) is 20.8 Å². The minimum absolute atomic E-state index is 0.227. The number of hydrogen-bond acceptors (Lipinski definition) is 3. The Labute approximate surface area is 103 Å². The highest BCUT2D eigenvalue weighted by atomic mass is 79.9. The molecule has 1 aromatic heterocycles. The lowest BCUT2D eigenvalue weighted by Gasteiger charge is -2.42. The maximum absolute atomic E-state index is 9.02. The Bertz CT molecular complexity index is 322. The van der Waals surface area contributed by atoms with Gasteiger partial charge in [0.15, 0.2) is 0 Å². The molecule has 84 valence electrons. The van der Waals surface area contributed by atoms with E-state index >= 15 is 0 Å². The Morgan fingerprint density at radius 2 is 2.33 bits per heavy atom. The normalized spacial score (nSPS) is 18.8. The average molecular weight is 290 g/mol. The Kier molecular flexibility index (Phi) is 3.83. The molecule has 2 rings (SSSR count). The van der Waals surface area contributed by atoms with E-state index in [4.69, 9.17) is 5.11 Å². The molecule has 0 atom stereocenters. The Hall–Kier alpha value is 0.1000. The molecule has 1 heterocycles. The van der Waals surface area contributed by atoms with E-state index in [2.05, 4.69) is 32.7 Å². The van der Waals surface area contributed by atoms with E-state index in [1.165, 1.54) is 24.1 Å². The first kappa shape index (κ1) is 11.6. The number of nitrogens with one attached hydrogen (secondary N) is 1. The molecule has 0 bridgehead atoms. The van der Waals surface area contributed by atoms with Gasteiger partial charge in [0.05, 0.1) is 0 Å². The Morgan fingerprint density at radius 1 is 1.53 bits per heavy atom. The van der Waals surface area contributed by atoms with Gasteiger partial charge in [-0.05, 0) is 47.7 Å². The summed E-state index contributed by atoms with van der Waals surface area (Å²) in [6, 6.07) is 2.16. The number of aliphatic hydroxyl groups is 1. The highest BCUT2D eigenvalue weighted by Crippen LogP contribution is 2.35. The summed E-state index contributed by atoms with van der Waals surface area (Å²) in [5, 5.41) is 14.7. The smallest absolute Gasteiger partial charge is 0.0448 e. The van der Waals surface area contributed by atoms with Crippen LogP contribution in [-0.2, 0) is 6.54 Å². The summed E-state index contributed by atoms with van der Waals surface area (Å²) in [6.45, 7) is 1.22. The molecular weight excluding hydrogens is 274 g/mol. The third-order valence-corrected chi connectivity index (χ3v) is 4.86. The van der Waals surface area contributed by atoms with Crippen molar-refractivity contribution in [2.45, 2.75) is 37.8 Å². The predicted molar refractivity (Wildman–Crippen MR) is 67.1 cm³/mol. The van der Waals surface area contributed by atoms with Gasteiger partial charge in [0, 0.05) is 33.4 Å². The zero-order chi connectivity index (χ0) is 10.7. The minimum atomic E-state index is 0.227. The lowest BCUT2D eigenvalue weighted by Crippen LogP contribution is -2.51. The van der Waals surface area contributed by atoms with E-state index < -0.39 is 0 Å². The number of aliphatic hydroxyl groups excluding tert-OH is 1. The molecule has 2 N–H and O–H groups in total. The number of rotatable bonds is 5. The van der Waals surface area contributed by atoms with Crippen LogP contribution in [0.4, 0.5) is 0 Å². The molecule has 2 nitrogen and oxygen atoms in total. The van der Waals surface area contributed by atoms with Crippen LogP contribution in [-0.4, -0.2) is 17.3 Å². The molecule has 1 aliphatic rings. The van der Waals surface area contributed by atoms with Gasteiger partial charge in [-0.3, -0.25) is 0 Å². The van der Waals surface area contributed by atoms with Crippen molar-refractivity contribution in [2.24, 2.45) is 0 Å². The molecule has 15 heavy (non-hydrogen) atoms. The molecule has 0 aromatic carbocycles. The molecule has 1 fully saturated rings. The molecule has 1 aromatic rings. The lowest BCUT2D eigenvalue weighted by atomic mass is 9.74. The zero-order valence-corrected chi connectivity index (χ0v) is 11.0. The van der Waals surface area contributed by atoms with Gasteiger partial charge in [-0.2, -0.15) is 0 Å². The highest BCUT2D eigenvalue weighted by molar-refractivity contribution is 9.10. The van der Waals surface area contributed by atoms with Crippen molar-refractivity contribution in [3.8, 4) is 0 Å². The summed E-state index contributed by atoms with van der Waals surface area (Å²) in [6.07, 6.45) is 4.60. The second kappa shape index (κ2) is 4.95. The Balaban J connectivity index is 1.86. The Morgan fingerprint density at radius 3 is 2.80 bits per heavy atom. The number of hydrogen-bond donors (Lipinski definition) is 2. The highest BCUT2D eigenvalue weighted by Gasteiger charge is 2.35. The van der Waals surface area contributed by atoms with E-state index in [9.17, 15) is 0 Å². The molecule has 4 heteroatoms. The van der Waals surface area contributed by atoms with E-state index in [0.29, 0.717) is 6.61 Å². The standard InChI is InChI=1S/C11H16BrNOS/c12-9-6-10(15-8-9)7-13-11(4-5-14)2-1-3-11/h6,8,13-14H,1-5,7H2. The molecule has 0 unspecified atom stereocenters. The van der Waals surface area contributed by atoms with Crippen molar-refractivity contribution in [2.75, 3.05) is 6.61 Å². The first-order valence-corrected chi connectivity index (χ1v) is 7.00. The first-order chi connectivity index (χ1) is 7.24. The van der Waals surface area contributed by atoms with Gasteiger partial charge in [-0.15, -0.1) is 11.3 Å². The van der Waals surface area contributed by atoms with Crippen LogP contribution in [0.15, 0.2) is 15.9 Å². The minimum Gasteiger partial charge on any atom is -0.396 e. The van der Waals surface area contributed by atoms with Gasteiger partial charge in [0.2, 0.25) is 0 Å². The fourth-order valence-corrected chi connectivity index (χ4v) is 3.44. The summed E-state index contributed by atoms with van der Waals surface area (Å²) in [7, 11) is 0. The second-order valence-electron chi connectivity index (χ2n) is 4.19. The first-order valence-electron chi connectivity index (χ1n) is 5.33. The summed E-state index contributed by atoms with van der Waals surface area (Å²) < 4.78 is 1.16. The monoisotopic (exact) mass is 289 g/mol. The van der Waals surface area contributed by atoms with Crippen LogP contribution in [0.1, 0.15) is 30.6 Å². The van der Waals surface area contributed by atoms with Gasteiger partial charge < -0.3 is 10.4 Å². The average Bonchev–Trinajstić information content (AvgIpc) is 2.56. The van der Waals surface area contributed by atoms with Crippen LogP contribution < -0.4 is 5.32 Å². The maximum atomic E-state index is 9.02. The second-order valence-corrected chi connectivity index (χ2v) is 6.10. The third kappa shape index (κ3) is 2.81. The fourth-order valence-electron chi connectivity index (χ4n) is 2.05. The zero-order valence-electron chi connectivity index (χ0n) is 8.63. The molecule has 0 saturated heterocycles. The summed E-state index contributed by atoms with van der Waals surface area (Å²) >= 11 is 5.23. The van der Waals surface area contributed by atoms with Gasteiger partial charge in [-0.25, -0.2) is 0 Å². The summed E-state index contributed by atoms with van der Waals surface area (Å²) in [4.78, 5) is 1.35. The largest absolute Gasteiger partial charge is 0.396 e. The van der Waals surface area contributed by atoms with Gasteiger partial charge >= 0.3 is 0 Å². The predicted octanol–water partition coefficient (Wildman–Crippen LogP) is 2.91. The van der Waals surface area contributed by atoms with Crippen molar-refractivity contribution in [3.63, 3.8) is 0 Å². The van der Waals surface area contributed by atoms with Crippen molar-refractivity contribution >= 4 is 27.3 Å². The van der Waals surface area contributed by atoms with Crippen LogP contribution in [0, 0.1) is 0 Å². The molecule has 1 aliphatic carbocycles. The van der Waals surface area contributed by atoms with Crippen LogP contribution in [0.2, 0.25) is 0 Å². The fraction of sp³-hybridized carbons (Fsp3) is 0.636. The maximum Gasteiger partial charge on any atom is 0.0448 e. The van der Waals surface area contributed by atoms with E-state index in [1.54, 1.807) is 11.3 Å². The number of thiophene rings is 1. The molecule has 0 radical (unpaired) electrons. The van der Waals surface area contributed by atoms with Crippen LogP contribution in [0.5, 0.6) is 0 Å². The van der Waals surface area contributed by atoms with Gasteiger partial charge in [0.1, 0.15) is 0 Å². The van der Waals surface area contributed by atoms with E-state index in [0.717, 1.165) is 17.4 Å². The van der Waals surface area contributed by atoms with Crippen LogP contribution >= 0.6 is 27.3 Å². The van der Waals surface area contributed by atoms with Crippen molar-refractivity contribution in [1.29, 1.82) is 0 Å². The van der Waals surface area contributed by atoms with E-state index in [1.807, 2.05) is 0 Å². The molecule has 0 aliphatic heterocycles. The molecule has 0 amide bonds. The van der Waals surface area contributed by atoms with Crippen LogP contribution in [0.25, 0.3) is 0 Å². The molecular formula is C11H16BrNOS. The SMILES string of the molecule is OCCC1(NCc2cc(Br)cs2)CCC1. The third-order valence-electron chi connectivity index (χ3n) is 3.16. The molecule has 1 saturated carbocycles. The summed E-state index contributed by atoms with van der Waals surface area (Å²) in [5.74, 6) is 0. The van der Waals surface area contributed by atoms with Crippen molar-refractivity contribution in [1.82, 2.24) is 5.32 Å². The lowest BCUT2D eigenvalue weighted by molar-refractivity contribution is 0.130. The molecule has 0 spiro atoms. The van der Waals surface area contributed by atoms with Gasteiger partial charge in [-0.1, -0.05) is 0 Å². The number of halogens is 1.